The molecule has 0 amide bonds. The van der Waals surface area contributed by atoms with Crippen LogP contribution < -0.4 is 5.43 Å². The van der Waals surface area contributed by atoms with Gasteiger partial charge in [-0.2, -0.15) is 0 Å². The number of fused-ring (bicyclic) bond motifs is 2. The summed E-state index contributed by atoms with van der Waals surface area (Å²) in [5.41, 5.74) is 3.30. The largest absolute Gasteiger partial charge is 0.463 e. The van der Waals surface area contributed by atoms with Crippen molar-refractivity contribution in [3.8, 4) is 11.1 Å². The van der Waals surface area contributed by atoms with Gasteiger partial charge in [-0.1, -0.05) is 18.2 Å². The summed E-state index contributed by atoms with van der Waals surface area (Å²) < 4.78 is 7.79. The van der Waals surface area contributed by atoms with Gasteiger partial charge in [0.05, 0.1) is 10.9 Å². The molecule has 4 aromatic rings. The van der Waals surface area contributed by atoms with E-state index in [9.17, 15) is 4.79 Å². The van der Waals surface area contributed by atoms with E-state index in [1.165, 1.54) is 5.52 Å². The van der Waals surface area contributed by atoms with E-state index >= 15 is 0 Å². The Hall–Kier alpha value is -2.81. The van der Waals surface area contributed by atoms with Gasteiger partial charge >= 0.3 is 0 Å². The van der Waals surface area contributed by atoms with Crippen LogP contribution in [0.1, 0.15) is 6.92 Å². The molecule has 0 saturated carbocycles. The fraction of sp³-hybridized carbons (Fsp3) is 0.105. The first-order chi connectivity index (χ1) is 10.8. The van der Waals surface area contributed by atoms with E-state index in [0.29, 0.717) is 16.5 Å². The molecule has 0 fully saturated rings. The van der Waals surface area contributed by atoms with Crippen LogP contribution in [0.3, 0.4) is 0 Å². The van der Waals surface area contributed by atoms with Crippen LogP contribution in [0.4, 0.5) is 0 Å². The highest BCUT2D eigenvalue weighted by Crippen LogP contribution is 2.25. The predicted molar refractivity (Wildman–Crippen MR) is 89.1 cm³/mol. The Balaban J connectivity index is 1.95. The number of aromatic nitrogens is 1. The lowest BCUT2D eigenvalue weighted by molar-refractivity contribution is 0.604. The molecule has 0 radical (unpaired) electrons. The number of aryl methyl sites for hydroxylation is 1. The van der Waals surface area contributed by atoms with Gasteiger partial charge in [0.2, 0.25) is 0 Å². The molecule has 2 aromatic heterocycles. The highest BCUT2D eigenvalue weighted by atomic mass is 16.3. The number of para-hydroxylation sites is 1. The Morgan fingerprint density at radius 1 is 1.09 bits per heavy atom. The van der Waals surface area contributed by atoms with Crippen molar-refractivity contribution in [2.45, 2.75) is 13.5 Å². The molecular formula is C19H15NO2. The van der Waals surface area contributed by atoms with Crippen LogP contribution in [-0.2, 0) is 6.54 Å². The normalized spacial score (nSPS) is 11.3. The minimum Gasteiger partial charge on any atom is -0.463 e. The fourth-order valence-electron chi connectivity index (χ4n) is 2.92. The summed E-state index contributed by atoms with van der Waals surface area (Å²) in [6.45, 7) is 3.05. The Morgan fingerprint density at radius 2 is 1.95 bits per heavy atom. The lowest BCUT2D eigenvalue weighted by atomic mass is 10.0. The van der Waals surface area contributed by atoms with Gasteiger partial charge in [0.15, 0.2) is 5.43 Å². The van der Waals surface area contributed by atoms with E-state index in [4.69, 9.17) is 4.42 Å². The van der Waals surface area contributed by atoms with Crippen molar-refractivity contribution < 1.29 is 4.42 Å². The van der Waals surface area contributed by atoms with E-state index in [2.05, 4.69) is 29.8 Å². The molecule has 4 rings (SSSR count). The predicted octanol–water partition coefficient (Wildman–Crippen LogP) is 4.43. The molecule has 3 nitrogen and oxygen atoms in total. The molecule has 0 saturated heterocycles. The minimum absolute atomic E-state index is 0.0103. The molecule has 2 aromatic carbocycles. The van der Waals surface area contributed by atoms with Crippen molar-refractivity contribution in [3.63, 3.8) is 0 Å². The van der Waals surface area contributed by atoms with Crippen LogP contribution in [0.25, 0.3) is 33.0 Å². The third-order valence-electron chi connectivity index (χ3n) is 4.10. The van der Waals surface area contributed by atoms with Crippen LogP contribution in [-0.4, -0.2) is 4.57 Å². The second-order valence-electron chi connectivity index (χ2n) is 5.35. The van der Waals surface area contributed by atoms with Gasteiger partial charge < -0.3 is 8.98 Å². The smallest absolute Gasteiger partial charge is 0.200 e. The molecule has 0 bridgehead atoms. The summed E-state index contributed by atoms with van der Waals surface area (Å²) in [5, 5.41) is 1.75. The van der Waals surface area contributed by atoms with Crippen molar-refractivity contribution in [1.82, 2.24) is 4.57 Å². The zero-order valence-corrected chi connectivity index (χ0v) is 12.2. The molecule has 3 heteroatoms. The van der Waals surface area contributed by atoms with Gasteiger partial charge in [-0.25, -0.2) is 0 Å². The average Bonchev–Trinajstić information content (AvgIpc) is 2.97. The summed E-state index contributed by atoms with van der Waals surface area (Å²) >= 11 is 0. The first-order valence-electron chi connectivity index (χ1n) is 7.38. The monoisotopic (exact) mass is 289 g/mol. The molecule has 0 atom stereocenters. The van der Waals surface area contributed by atoms with Crippen molar-refractivity contribution in [2.75, 3.05) is 0 Å². The second kappa shape index (κ2) is 4.88. The Bertz CT molecular complexity index is 1040. The molecule has 0 aliphatic rings. The second-order valence-corrected chi connectivity index (χ2v) is 5.35. The fourth-order valence-corrected chi connectivity index (χ4v) is 2.92. The van der Waals surface area contributed by atoms with Gasteiger partial charge in [-0.05, 0) is 42.8 Å². The molecule has 0 aliphatic heterocycles. The molecule has 2 heterocycles. The van der Waals surface area contributed by atoms with Gasteiger partial charge in [0.25, 0.3) is 0 Å². The maximum absolute atomic E-state index is 12.7. The highest BCUT2D eigenvalue weighted by Gasteiger charge is 2.10. The number of rotatable bonds is 2. The first kappa shape index (κ1) is 12.9. The molecule has 0 unspecified atom stereocenters. The van der Waals surface area contributed by atoms with E-state index < -0.39 is 0 Å². The van der Waals surface area contributed by atoms with Crippen LogP contribution in [0, 0.1) is 0 Å². The van der Waals surface area contributed by atoms with Gasteiger partial charge in [0, 0.05) is 23.6 Å². The van der Waals surface area contributed by atoms with Crippen molar-refractivity contribution in [2.24, 2.45) is 0 Å². The van der Waals surface area contributed by atoms with Gasteiger partial charge in [-0.3, -0.25) is 4.79 Å². The topological polar surface area (TPSA) is 35.1 Å². The maximum Gasteiger partial charge on any atom is 0.200 e. The van der Waals surface area contributed by atoms with E-state index in [-0.39, 0.29) is 5.43 Å². The molecular weight excluding hydrogens is 274 g/mol. The van der Waals surface area contributed by atoms with Crippen LogP contribution in [0.2, 0.25) is 0 Å². The van der Waals surface area contributed by atoms with Gasteiger partial charge in [0.1, 0.15) is 11.8 Å². The molecule has 0 aliphatic carbocycles. The minimum atomic E-state index is 0.0103. The third kappa shape index (κ3) is 1.86. The highest BCUT2D eigenvalue weighted by molar-refractivity contribution is 5.87. The van der Waals surface area contributed by atoms with Crippen LogP contribution in [0.15, 0.2) is 70.2 Å². The standard InChI is InChI=1S/C19H15NO2/c1-2-20-10-9-14-11-13(7-8-17(14)20)16-12-22-18-6-4-3-5-15(18)19(16)21/h3-12H,2H2,1H3. The molecule has 22 heavy (non-hydrogen) atoms. The first-order valence-corrected chi connectivity index (χ1v) is 7.38. The summed E-state index contributed by atoms with van der Waals surface area (Å²) in [4.78, 5) is 12.7. The lowest BCUT2D eigenvalue weighted by Gasteiger charge is -2.04. The average molecular weight is 289 g/mol. The summed E-state index contributed by atoms with van der Waals surface area (Å²) in [5.74, 6) is 0. The van der Waals surface area contributed by atoms with Crippen LogP contribution >= 0.6 is 0 Å². The number of benzene rings is 2. The number of nitrogens with zero attached hydrogens (tertiary/aromatic N) is 1. The quantitative estimate of drug-likeness (QED) is 0.547. The van der Waals surface area contributed by atoms with E-state index in [1.54, 1.807) is 12.3 Å². The number of hydrogen-bond acceptors (Lipinski definition) is 2. The summed E-state index contributed by atoms with van der Waals surface area (Å²) in [7, 11) is 0. The third-order valence-corrected chi connectivity index (χ3v) is 4.10. The van der Waals surface area contributed by atoms with Crippen molar-refractivity contribution >= 4 is 21.9 Å². The molecule has 0 spiro atoms. The molecule has 108 valence electrons. The maximum atomic E-state index is 12.7. The summed E-state index contributed by atoms with van der Waals surface area (Å²) in [6, 6.07) is 15.5. The van der Waals surface area contributed by atoms with Gasteiger partial charge in [-0.15, -0.1) is 0 Å². The lowest BCUT2D eigenvalue weighted by Crippen LogP contribution is -2.04. The molecule has 0 N–H and O–H groups in total. The zero-order chi connectivity index (χ0) is 15.1. The van der Waals surface area contributed by atoms with E-state index in [0.717, 1.165) is 17.5 Å². The van der Waals surface area contributed by atoms with Crippen molar-refractivity contribution in [3.05, 3.63) is 71.2 Å². The van der Waals surface area contributed by atoms with Crippen LogP contribution in [0.5, 0.6) is 0 Å². The summed E-state index contributed by atoms with van der Waals surface area (Å²) in [6.07, 6.45) is 3.62. The van der Waals surface area contributed by atoms with Crippen molar-refractivity contribution in [1.29, 1.82) is 0 Å². The number of hydrogen-bond donors (Lipinski definition) is 0. The Morgan fingerprint density at radius 3 is 2.82 bits per heavy atom. The zero-order valence-electron chi connectivity index (χ0n) is 12.2. The Kier molecular flexibility index (Phi) is 2.86. The Labute approximate surface area is 127 Å². The van der Waals surface area contributed by atoms with E-state index in [1.807, 2.05) is 30.3 Å². The SMILES string of the molecule is CCn1ccc2cc(-c3coc4ccccc4c3=O)ccc21.